The van der Waals surface area contributed by atoms with E-state index >= 15 is 0 Å². The second-order valence-electron chi connectivity index (χ2n) is 4.75. The SMILES string of the molecule is CC(Cc1ccco1)N1CC(C(=O)O)CCC1=O. The van der Waals surface area contributed by atoms with E-state index in [4.69, 9.17) is 9.52 Å². The van der Waals surface area contributed by atoms with Crippen molar-refractivity contribution in [3.05, 3.63) is 24.2 Å². The van der Waals surface area contributed by atoms with Crippen molar-refractivity contribution in [2.45, 2.75) is 32.2 Å². The van der Waals surface area contributed by atoms with Crippen LogP contribution in [0.25, 0.3) is 0 Å². The van der Waals surface area contributed by atoms with Gasteiger partial charge in [-0.2, -0.15) is 0 Å². The van der Waals surface area contributed by atoms with Crippen LogP contribution in [0.5, 0.6) is 0 Å². The molecule has 1 amide bonds. The molecule has 0 spiro atoms. The van der Waals surface area contributed by atoms with Crippen molar-refractivity contribution >= 4 is 11.9 Å². The molecule has 1 saturated heterocycles. The number of likely N-dealkylation sites (tertiary alicyclic amines) is 1. The van der Waals surface area contributed by atoms with Crippen molar-refractivity contribution in [3.63, 3.8) is 0 Å². The molecular formula is C13H17NO4. The summed E-state index contributed by atoms with van der Waals surface area (Å²) >= 11 is 0. The first-order chi connectivity index (χ1) is 8.58. The highest BCUT2D eigenvalue weighted by Crippen LogP contribution is 2.21. The van der Waals surface area contributed by atoms with E-state index in [-0.39, 0.29) is 11.9 Å². The molecule has 0 bridgehead atoms. The van der Waals surface area contributed by atoms with E-state index < -0.39 is 11.9 Å². The molecule has 0 aliphatic carbocycles. The lowest BCUT2D eigenvalue weighted by Gasteiger charge is -2.35. The minimum Gasteiger partial charge on any atom is -0.481 e. The number of carboxylic acid groups (broad SMARTS) is 1. The van der Waals surface area contributed by atoms with Gasteiger partial charge in [-0.3, -0.25) is 9.59 Å². The fourth-order valence-electron chi connectivity index (χ4n) is 2.33. The van der Waals surface area contributed by atoms with Crippen LogP contribution in [0.1, 0.15) is 25.5 Å². The summed E-state index contributed by atoms with van der Waals surface area (Å²) in [5, 5.41) is 9.02. The van der Waals surface area contributed by atoms with Gasteiger partial charge in [-0.1, -0.05) is 0 Å². The molecule has 1 N–H and O–H groups in total. The molecule has 2 heterocycles. The van der Waals surface area contributed by atoms with E-state index in [1.54, 1.807) is 17.2 Å². The monoisotopic (exact) mass is 251 g/mol. The average molecular weight is 251 g/mol. The summed E-state index contributed by atoms with van der Waals surface area (Å²) in [6.45, 7) is 2.22. The topological polar surface area (TPSA) is 70.8 Å². The summed E-state index contributed by atoms with van der Waals surface area (Å²) in [6.07, 6.45) is 2.98. The van der Waals surface area contributed by atoms with Crippen molar-refractivity contribution in [3.8, 4) is 0 Å². The number of amides is 1. The first-order valence-corrected chi connectivity index (χ1v) is 6.12. The maximum atomic E-state index is 11.8. The Labute approximate surface area is 105 Å². The molecule has 5 nitrogen and oxygen atoms in total. The number of aliphatic carboxylic acids is 1. The molecular weight excluding hydrogens is 234 g/mol. The quantitative estimate of drug-likeness (QED) is 0.881. The number of carbonyl (C=O) groups is 2. The average Bonchev–Trinajstić information content (AvgIpc) is 2.81. The van der Waals surface area contributed by atoms with Crippen LogP contribution in [-0.2, 0) is 16.0 Å². The summed E-state index contributed by atoms with van der Waals surface area (Å²) in [5.41, 5.74) is 0. The molecule has 2 rings (SSSR count). The minimum atomic E-state index is -0.822. The summed E-state index contributed by atoms with van der Waals surface area (Å²) in [7, 11) is 0. The van der Waals surface area contributed by atoms with Crippen LogP contribution in [0.4, 0.5) is 0 Å². The molecule has 1 fully saturated rings. The van der Waals surface area contributed by atoms with Gasteiger partial charge in [0.1, 0.15) is 5.76 Å². The smallest absolute Gasteiger partial charge is 0.308 e. The number of hydrogen-bond donors (Lipinski definition) is 1. The van der Waals surface area contributed by atoms with Crippen molar-refractivity contribution in [2.75, 3.05) is 6.54 Å². The Morgan fingerprint density at radius 1 is 1.67 bits per heavy atom. The number of nitrogens with zero attached hydrogens (tertiary/aromatic N) is 1. The summed E-state index contributed by atoms with van der Waals surface area (Å²) in [5.74, 6) is -0.418. The lowest BCUT2D eigenvalue weighted by atomic mass is 9.96. The molecule has 0 aromatic carbocycles. The van der Waals surface area contributed by atoms with Crippen molar-refractivity contribution in [1.29, 1.82) is 0 Å². The number of hydrogen-bond acceptors (Lipinski definition) is 3. The summed E-state index contributed by atoms with van der Waals surface area (Å²) in [4.78, 5) is 24.5. The van der Waals surface area contributed by atoms with Crippen LogP contribution in [0.15, 0.2) is 22.8 Å². The number of carbonyl (C=O) groups excluding carboxylic acids is 1. The van der Waals surface area contributed by atoms with Gasteiger partial charge in [0, 0.05) is 25.4 Å². The van der Waals surface area contributed by atoms with Gasteiger partial charge in [0.2, 0.25) is 5.91 Å². The Hall–Kier alpha value is -1.78. The van der Waals surface area contributed by atoms with Gasteiger partial charge in [-0.25, -0.2) is 0 Å². The molecule has 1 aliphatic rings. The molecule has 98 valence electrons. The van der Waals surface area contributed by atoms with Gasteiger partial charge in [0.05, 0.1) is 12.2 Å². The Morgan fingerprint density at radius 2 is 2.44 bits per heavy atom. The van der Waals surface area contributed by atoms with Gasteiger partial charge in [-0.15, -0.1) is 0 Å². The van der Waals surface area contributed by atoms with Gasteiger partial charge in [0.15, 0.2) is 0 Å². The van der Waals surface area contributed by atoms with Crippen LogP contribution < -0.4 is 0 Å². The predicted molar refractivity (Wildman–Crippen MR) is 63.9 cm³/mol. The van der Waals surface area contributed by atoms with Gasteiger partial charge < -0.3 is 14.4 Å². The molecule has 1 aliphatic heterocycles. The highest BCUT2D eigenvalue weighted by Gasteiger charge is 2.32. The maximum Gasteiger partial charge on any atom is 0.308 e. The molecule has 0 radical (unpaired) electrons. The van der Waals surface area contributed by atoms with E-state index in [0.29, 0.717) is 25.8 Å². The zero-order chi connectivity index (χ0) is 13.1. The first kappa shape index (κ1) is 12.7. The predicted octanol–water partition coefficient (Wildman–Crippen LogP) is 1.53. The van der Waals surface area contributed by atoms with E-state index in [1.807, 2.05) is 13.0 Å². The Balaban J connectivity index is 2.01. The van der Waals surface area contributed by atoms with Gasteiger partial charge in [-0.05, 0) is 25.5 Å². The standard InChI is InChI=1S/C13H17NO4/c1-9(7-11-3-2-6-18-11)14-8-10(13(16)17)4-5-12(14)15/h2-3,6,9-10H,4-5,7-8H2,1H3,(H,16,17). The van der Waals surface area contributed by atoms with Crippen LogP contribution in [0, 0.1) is 5.92 Å². The van der Waals surface area contributed by atoms with Crippen LogP contribution >= 0.6 is 0 Å². The highest BCUT2D eigenvalue weighted by atomic mass is 16.4. The molecule has 2 atom stereocenters. The highest BCUT2D eigenvalue weighted by molar-refractivity contribution is 5.80. The second kappa shape index (κ2) is 5.25. The van der Waals surface area contributed by atoms with E-state index in [2.05, 4.69) is 0 Å². The van der Waals surface area contributed by atoms with Gasteiger partial charge >= 0.3 is 5.97 Å². The number of carboxylic acids is 1. The van der Waals surface area contributed by atoms with Crippen LogP contribution in [-0.4, -0.2) is 34.5 Å². The third-order valence-corrected chi connectivity index (χ3v) is 3.40. The Kier molecular flexibility index (Phi) is 3.69. The fourth-order valence-corrected chi connectivity index (χ4v) is 2.33. The van der Waals surface area contributed by atoms with Gasteiger partial charge in [0.25, 0.3) is 0 Å². The molecule has 1 aromatic rings. The fraction of sp³-hybridized carbons (Fsp3) is 0.538. The van der Waals surface area contributed by atoms with Crippen molar-refractivity contribution in [1.82, 2.24) is 4.90 Å². The molecule has 0 saturated carbocycles. The normalized spacial score (nSPS) is 21.9. The Bertz CT molecular complexity index is 426. The first-order valence-electron chi connectivity index (χ1n) is 6.12. The Morgan fingerprint density at radius 3 is 3.06 bits per heavy atom. The lowest BCUT2D eigenvalue weighted by Crippen LogP contribution is -2.47. The molecule has 5 heteroatoms. The van der Waals surface area contributed by atoms with Crippen LogP contribution in [0.2, 0.25) is 0 Å². The van der Waals surface area contributed by atoms with E-state index in [9.17, 15) is 9.59 Å². The minimum absolute atomic E-state index is 0.0338. The largest absolute Gasteiger partial charge is 0.481 e. The number of rotatable bonds is 4. The van der Waals surface area contributed by atoms with Crippen LogP contribution in [0.3, 0.4) is 0 Å². The summed E-state index contributed by atoms with van der Waals surface area (Å²) < 4.78 is 5.25. The second-order valence-corrected chi connectivity index (χ2v) is 4.75. The number of furan rings is 1. The zero-order valence-corrected chi connectivity index (χ0v) is 10.3. The molecule has 18 heavy (non-hydrogen) atoms. The van der Waals surface area contributed by atoms with Crippen molar-refractivity contribution < 1.29 is 19.1 Å². The molecule has 1 aromatic heterocycles. The van der Waals surface area contributed by atoms with Crippen molar-refractivity contribution in [2.24, 2.45) is 5.92 Å². The zero-order valence-electron chi connectivity index (χ0n) is 10.3. The third-order valence-electron chi connectivity index (χ3n) is 3.40. The lowest BCUT2D eigenvalue weighted by molar-refractivity contribution is -0.148. The summed E-state index contributed by atoms with van der Waals surface area (Å²) in [6, 6.07) is 3.63. The maximum absolute atomic E-state index is 11.8. The molecule has 2 unspecified atom stereocenters. The third kappa shape index (κ3) is 2.72. The number of piperidine rings is 1. The van der Waals surface area contributed by atoms with E-state index in [0.717, 1.165) is 5.76 Å². The van der Waals surface area contributed by atoms with E-state index in [1.165, 1.54) is 0 Å².